The highest BCUT2D eigenvalue weighted by Crippen LogP contribution is 2.19. The monoisotopic (exact) mass is 401 g/mol. The molecule has 0 spiro atoms. The zero-order valence-electron chi connectivity index (χ0n) is 17.2. The summed E-state index contributed by atoms with van der Waals surface area (Å²) in [7, 11) is 0. The van der Waals surface area contributed by atoms with E-state index in [9.17, 15) is 9.59 Å². The molecule has 7 nitrogen and oxygen atoms in total. The molecule has 1 amide bonds. The summed E-state index contributed by atoms with van der Waals surface area (Å²) < 4.78 is 2.97. The van der Waals surface area contributed by atoms with Crippen molar-refractivity contribution in [1.82, 2.24) is 24.6 Å². The van der Waals surface area contributed by atoms with Gasteiger partial charge in [-0.15, -0.1) is 0 Å². The van der Waals surface area contributed by atoms with Crippen LogP contribution in [0.3, 0.4) is 0 Å². The molecule has 0 saturated carbocycles. The van der Waals surface area contributed by atoms with Crippen molar-refractivity contribution in [2.24, 2.45) is 0 Å². The van der Waals surface area contributed by atoms with E-state index in [-0.39, 0.29) is 18.0 Å². The first kappa shape index (κ1) is 19.6. The highest BCUT2D eigenvalue weighted by Gasteiger charge is 2.14. The topological polar surface area (TPSA) is 81.8 Å². The maximum Gasteiger partial charge on any atom is 0.264 e. The van der Waals surface area contributed by atoms with E-state index in [0.717, 1.165) is 27.9 Å². The zero-order chi connectivity index (χ0) is 21.3. The van der Waals surface area contributed by atoms with Crippen molar-refractivity contribution < 1.29 is 4.79 Å². The van der Waals surface area contributed by atoms with Gasteiger partial charge in [0.15, 0.2) is 5.65 Å². The predicted octanol–water partition coefficient (Wildman–Crippen LogP) is 2.82. The standard InChI is InChI=1S/C23H23N5O2/c1-15-7-9-18(10-8-15)11-24-21(29)13-27-14-25-22-19(23(27)30)12-26-28(22)20-6-4-5-16(2)17(20)3/h4-10,12,14H,11,13H2,1-3H3,(H,24,29). The molecule has 0 saturated heterocycles. The van der Waals surface area contributed by atoms with Crippen LogP contribution in [0.2, 0.25) is 0 Å². The van der Waals surface area contributed by atoms with Gasteiger partial charge < -0.3 is 5.32 Å². The van der Waals surface area contributed by atoms with E-state index in [1.54, 1.807) is 4.68 Å². The van der Waals surface area contributed by atoms with Gasteiger partial charge in [-0.3, -0.25) is 14.2 Å². The van der Waals surface area contributed by atoms with Crippen LogP contribution in [0.1, 0.15) is 22.3 Å². The third-order valence-electron chi connectivity index (χ3n) is 5.28. The van der Waals surface area contributed by atoms with Gasteiger partial charge in [-0.2, -0.15) is 5.10 Å². The normalized spacial score (nSPS) is 11.0. The van der Waals surface area contributed by atoms with Gasteiger partial charge in [0.05, 0.1) is 11.9 Å². The fourth-order valence-electron chi connectivity index (χ4n) is 3.32. The number of fused-ring (bicyclic) bond motifs is 1. The number of carbonyl (C=O) groups excluding carboxylic acids is 1. The van der Waals surface area contributed by atoms with E-state index in [2.05, 4.69) is 15.4 Å². The molecule has 4 rings (SSSR count). The minimum atomic E-state index is -0.290. The van der Waals surface area contributed by atoms with Crippen LogP contribution in [0.25, 0.3) is 16.7 Å². The Morgan fingerprint density at radius 1 is 1.07 bits per heavy atom. The van der Waals surface area contributed by atoms with Crippen LogP contribution in [0.5, 0.6) is 0 Å². The maximum absolute atomic E-state index is 12.9. The number of rotatable bonds is 5. The number of carbonyl (C=O) groups is 1. The molecule has 0 atom stereocenters. The first-order chi connectivity index (χ1) is 14.4. The van der Waals surface area contributed by atoms with Crippen LogP contribution < -0.4 is 10.9 Å². The van der Waals surface area contributed by atoms with E-state index in [1.165, 1.54) is 17.1 Å². The average Bonchev–Trinajstić information content (AvgIpc) is 3.16. The van der Waals surface area contributed by atoms with Gasteiger partial charge in [0.25, 0.3) is 5.56 Å². The third-order valence-corrected chi connectivity index (χ3v) is 5.28. The molecule has 0 bridgehead atoms. The number of nitrogens with one attached hydrogen (secondary N) is 1. The molecule has 0 aliphatic rings. The lowest BCUT2D eigenvalue weighted by Gasteiger charge is -2.10. The quantitative estimate of drug-likeness (QED) is 0.558. The van der Waals surface area contributed by atoms with Gasteiger partial charge in [-0.1, -0.05) is 42.0 Å². The first-order valence-corrected chi connectivity index (χ1v) is 9.76. The van der Waals surface area contributed by atoms with Gasteiger partial charge in [0.1, 0.15) is 18.3 Å². The highest BCUT2D eigenvalue weighted by atomic mass is 16.2. The summed E-state index contributed by atoms with van der Waals surface area (Å²) in [6.45, 7) is 6.37. The van der Waals surface area contributed by atoms with Gasteiger partial charge >= 0.3 is 0 Å². The molecule has 2 aromatic heterocycles. The lowest BCUT2D eigenvalue weighted by atomic mass is 10.1. The molecule has 30 heavy (non-hydrogen) atoms. The summed E-state index contributed by atoms with van der Waals surface area (Å²) >= 11 is 0. The van der Waals surface area contributed by atoms with Crippen molar-refractivity contribution >= 4 is 16.9 Å². The Kier molecular flexibility index (Phi) is 5.18. The number of amides is 1. The van der Waals surface area contributed by atoms with Crippen molar-refractivity contribution in [3.05, 3.63) is 87.6 Å². The smallest absolute Gasteiger partial charge is 0.264 e. The summed E-state index contributed by atoms with van der Waals surface area (Å²) in [4.78, 5) is 29.6. The summed E-state index contributed by atoms with van der Waals surface area (Å²) in [5, 5.41) is 7.59. The van der Waals surface area contributed by atoms with Crippen molar-refractivity contribution in [1.29, 1.82) is 0 Å². The molecule has 0 aliphatic carbocycles. The van der Waals surface area contributed by atoms with Crippen LogP contribution >= 0.6 is 0 Å². The molecule has 7 heteroatoms. The molecule has 0 radical (unpaired) electrons. The molecular formula is C23H23N5O2. The van der Waals surface area contributed by atoms with Crippen molar-refractivity contribution in [2.45, 2.75) is 33.9 Å². The Bertz CT molecular complexity index is 1290. The largest absolute Gasteiger partial charge is 0.350 e. The SMILES string of the molecule is Cc1ccc(CNC(=O)Cn2cnc3c(cnn3-c3cccc(C)c3C)c2=O)cc1. The van der Waals surface area contributed by atoms with Crippen LogP contribution in [0, 0.1) is 20.8 Å². The molecule has 0 unspecified atom stereocenters. The minimum Gasteiger partial charge on any atom is -0.350 e. The van der Waals surface area contributed by atoms with Crippen molar-refractivity contribution in [3.8, 4) is 5.69 Å². The summed E-state index contributed by atoms with van der Waals surface area (Å²) in [5.74, 6) is -0.249. The number of aryl methyl sites for hydroxylation is 2. The number of nitrogens with zero attached hydrogens (tertiary/aromatic N) is 4. The summed E-state index contributed by atoms with van der Waals surface area (Å²) in [6.07, 6.45) is 2.91. The van der Waals surface area contributed by atoms with Gasteiger partial charge in [0.2, 0.25) is 5.91 Å². The zero-order valence-corrected chi connectivity index (χ0v) is 17.2. The van der Waals surface area contributed by atoms with Crippen molar-refractivity contribution in [2.75, 3.05) is 0 Å². The van der Waals surface area contributed by atoms with E-state index < -0.39 is 0 Å². The third kappa shape index (κ3) is 3.74. The van der Waals surface area contributed by atoms with Gasteiger partial charge in [-0.25, -0.2) is 9.67 Å². The van der Waals surface area contributed by atoms with Crippen LogP contribution in [0.15, 0.2) is 59.8 Å². The average molecular weight is 401 g/mol. The fraction of sp³-hybridized carbons (Fsp3) is 0.217. The van der Waals surface area contributed by atoms with E-state index in [1.807, 2.05) is 63.2 Å². The van der Waals surface area contributed by atoms with E-state index in [0.29, 0.717) is 17.6 Å². The van der Waals surface area contributed by atoms with Crippen LogP contribution in [-0.4, -0.2) is 25.2 Å². The Hall–Kier alpha value is -3.74. The number of aromatic nitrogens is 4. The lowest BCUT2D eigenvalue weighted by Crippen LogP contribution is -2.32. The molecule has 0 aliphatic heterocycles. The van der Waals surface area contributed by atoms with Gasteiger partial charge in [0, 0.05) is 6.54 Å². The molecule has 0 fully saturated rings. The maximum atomic E-state index is 12.9. The number of hydrogen-bond donors (Lipinski definition) is 1. The molecule has 1 N–H and O–H groups in total. The molecular weight excluding hydrogens is 378 g/mol. The number of hydrogen-bond acceptors (Lipinski definition) is 4. The first-order valence-electron chi connectivity index (χ1n) is 9.76. The molecule has 4 aromatic rings. The van der Waals surface area contributed by atoms with E-state index >= 15 is 0 Å². The van der Waals surface area contributed by atoms with Crippen molar-refractivity contribution in [3.63, 3.8) is 0 Å². The second-order valence-corrected chi connectivity index (χ2v) is 7.45. The minimum absolute atomic E-state index is 0.0950. The van der Waals surface area contributed by atoms with Gasteiger partial charge in [-0.05, 0) is 43.5 Å². The Balaban J connectivity index is 1.55. The van der Waals surface area contributed by atoms with Crippen LogP contribution in [-0.2, 0) is 17.9 Å². The second kappa shape index (κ2) is 7.94. The fourth-order valence-corrected chi connectivity index (χ4v) is 3.32. The highest BCUT2D eigenvalue weighted by molar-refractivity contribution is 5.78. The summed E-state index contributed by atoms with van der Waals surface area (Å²) in [6, 6.07) is 13.9. The summed E-state index contributed by atoms with van der Waals surface area (Å²) in [5.41, 5.74) is 5.44. The van der Waals surface area contributed by atoms with Crippen LogP contribution in [0.4, 0.5) is 0 Å². The molecule has 2 aromatic carbocycles. The lowest BCUT2D eigenvalue weighted by molar-refractivity contribution is -0.121. The van der Waals surface area contributed by atoms with E-state index in [4.69, 9.17) is 0 Å². The predicted molar refractivity (Wildman–Crippen MR) is 116 cm³/mol. The number of benzene rings is 2. The second-order valence-electron chi connectivity index (χ2n) is 7.45. The molecule has 152 valence electrons. The Morgan fingerprint density at radius 2 is 1.83 bits per heavy atom. The molecule has 2 heterocycles. The Labute approximate surface area is 174 Å². The Morgan fingerprint density at radius 3 is 2.60 bits per heavy atom.